The highest BCUT2D eigenvalue weighted by atomic mass is 35.5. The van der Waals surface area contributed by atoms with Gasteiger partial charge in [0.2, 0.25) is 0 Å². The molecule has 1 N–H and O–H groups in total. The Bertz CT molecular complexity index is 461. The topological polar surface area (TPSA) is 55.4 Å². The normalized spacial score (nSPS) is 10.9. The summed E-state index contributed by atoms with van der Waals surface area (Å²) in [6, 6.07) is 5.67. The molecule has 0 fully saturated rings. The zero-order valence-electron chi connectivity index (χ0n) is 7.60. The van der Waals surface area contributed by atoms with E-state index in [0.717, 1.165) is 0 Å². The van der Waals surface area contributed by atoms with E-state index in [0.29, 0.717) is 5.02 Å². The molecule has 0 heterocycles. The first-order valence-electron chi connectivity index (χ1n) is 3.89. The van der Waals surface area contributed by atoms with E-state index in [1.54, 1.807) is 0 Å². The van der Waals surface area contributed by atoms with Crippen molar-refractivity contribution in [2.45, 2.75) is 4.90 Å². The van der Waals surface area contributed by atoms with Gasteiger partial charge in [-0.05, 0) is 24.3 Å². The predicted octanol–water partition coefficient (Wildman–Crippen LogP) is 1.18. The summed E-state index contributed by atoms with van der Waals surface area (Å²) in [5.74, 6) is 2.13. The fraction of sp³-hybridized carbons (Fsp3) is 0.111. The van der Waals surface area contributed by atoms with Crippen molar-refractivity contribution in [2.24, 2.45) is 0 Å². The lowest BCUT2D eigenvalue weighted by Gasteiger charge is -2.04. The molecule has 1 rings (SSSR count). The van der Waals surface area contributed by atoms with Crippen molar-refractivity contribution in [2.75, 3.05) is 6.61 Å². The Morgan fingerprint density at radius 3 is 2.53 bits per heavy atom. The maximum atomic E-state index is 11.5. The molecule has 0 aliphatic carbocycles. The Hall–Kier alpha value is -1.06. The first-order chi connectivity index (χ1) is 7.06. The Balaban J connectivity index is 2.79. The Labute approximate surface area is 93.2 Å². The number of halogens is 1. The summed E-state index contributed by atoms with van der Waals surface area (Å²) in [4.78, 5) is 6.47. The highest BCUT2D eigenvalue weighted by Gasteiger charge is 2.13. The zero-order valence-corrected chi connectivity index (χ0v) is 9.18. The van der Waals surface area contributed by atoms with Crippen LogP contribution in [0.1, 0.15) is 0 Å². The molecule has 0 spiro atoms. The van der Waals surface area contributed by atoms with Crippen LogP contribution in [0.4, 0.5) is 0 Å². The van der Waals surface area contributed by atoms with E-state index in [1.165, 1.54) is 24.3 Å². The predicted molar refractivity (Wildman–Crippen MR) is 56.6 cm³/mol. The average Bonchev–Trinajstić information content (AvgIpc) is 2.18. The second kappa shape index (κ2) is 5.14. The van der Waals surface area contributed by atoms with E-state index in [9.17, 15) is 8.42 Å². The smallest absolute Gasteiger partial charge is 0.262 e. The second-order valence-corrected chi connectivity index (χ2v) is 4.61. The number of nitrogens with one attached hydrogen (secondary N) is 1. The number of hydrogen-bond acceptors (Lipinski definition) is 3. The monoisotopic (exact) mass is 245 g/mol. The van der Waals surface area contributed by atoms with Gasteiger partial charge in [0.1, 0.15) is 6.61 Å². The maximum absolute atomic E-state index is 11.5. The van der Waals surface area contributed by atoms with Gasteiger partial charge >= 0.3 is 0 Å². The van der Waals surface area contributed by atoms with Crippen molar-refractivity contribution >= 4 is 21.6 Å². The molecule has 0 aromatic heterocycles. The first kappa shape index (κ1) is 12.0. The molecule has 0 aliphatic rings. The molecule has 80 valence electrons. The number of benzene rings is 1. The minimum atomic E-state index is -3.68. The minimum absolute atomic E-state index is 0.0592. The van der Waals surface area contributed by atoms with Crippen LogP contribution in [0.15, 0.2) is 29.2 Å². The van der Waals surface area contributed by atoms with Crippen LogP contribution in [0, 0.1) is 12.3 Å². The maximum Gasteiger partial charge on any atom is 0.262 e. The summed E-state index contributed by atoms with van der Waals surface area (Å²) in [5.41, 5.74) is 0. The van der Waals surface area contributed by atoms with Gasteiger partial charge in [0.15, 0.2) is 0 Å². The highest BCUT2D eigenvalue weighted by Crippen LogP contribution is 2.13. The van der Waals surface area contributed by atoms with Crippen LogP contribution in [0.25, 0.3) is 0 Å². The lowest BCUT2D eigenvalue weighted by molar-refractivity contribution is 0.123. The lowest BCUT2D eigenvalue weighted by Crippen LogP contribution is -2.24. The van der Waals surface area contributed by atoms with Gasteiger partial charge in [-0.2, -0.15) is 0 Å². The third kappa shape index (κ3) is 3.53. The van der Waals surface area contributed by atoms with Crippen molar-refractivity contribution in [3.63, 3.8) is 0 Å². The Morgan fingerprint density at radius 1 is 1.40 bits per heavy atom. The van der Waals surface area contributed by atoms with Crippen LogP contribution in [0.2, 0.25) is 5.02 Å². The first-order valence-corrected chi connectivity index (χ1v) is 5.75. The minimum Gasteiger partial charge on any atom is -0.274 e. The summed E-state index contributed by atoms with van der Waals surface area (Å²) < 4.78 is 22.9. The fourth-order valence-corrected chi connectivity index (χ4v) is 1.74. The van der Waals surface area contributed by atoms with Gasteiger partial charge < -0.3 is 0 Å². The van der Waals surface area contributed by atoms with Crippen LogP contribution >= 0.6 is 11.6 Å². The SMILES string of the molecule is C#CCONS(=O)(=O)c1ccc(Cl)cc1. The molecule has 6 heteroatoms. The van der Waals surface area contributed by atoms with Crippen LogP contribution in [0.3, 0.4) is 0 Å². The molecule has 0 atom stereocenters. The van der Waals surface area contributed by atoms with E-state index < -0.39 is 10.0 Å². The van der Waals surface area contributed by atoms with E-state index >= 15 is 0 Å². The van der Waals surface area contributed by atoms with Gasteiger partial charge in [0, 0.05) is 5.02 Å². The molecule has 1 aromatic rings. The molecule has 0 aliphatic heterocycles. The lowest BCUT2D eigenvalue weighted by atomic mass is 10.4. The van der Waals surface area contributed by atoms with Crippen molar-refractivity contribution in [3.05, 3.63) is 29.3 Å². The molecule has 0 saturated heterocycles. The molecule has 1 aromatic carbocycles. The van der Waals surface area contributed by atoms with Gasteiger partial charge in [-0.3, -0.25) is 4.84 Å². The van der Waals surface area contributed by atoms with E-state index in [4.69, 9.17) is 18.0 Å². The van der Waals surface area contributed by atoms with Gasteiger partial charge in [0.05, 0.1) is 4.90 Å². The summed E-state index contributed by atoms with van der Waals surface area (Å²) >= 11 is 5.62. The largest absolute Gasteiger partial charge is 0.274 e. The number of sulfonamides is 1. The van der Waals surface area contributed by atoms with Crippen molar-refractivity contribution in [3.8, 4) is 12.3 Å². The van der Waals surface area contributed by atoms with Gasteiger partial charge in [-0.1, -0.05) is 22.4 Å². The third-order valence-electron chi connectivity index (χ3n) is 1.45. The molecular formula is C9H8ClNO3S. The van der Waals surface area contributed by atoms with Crippen molar-refractivity contribution in [1.82, 2.24) is 4.89 Å². The van der Waals surface area contributed by atoms with Gasteiger partial charge in [-0.25, -0.2) is 8.42 Å². The van der Waals surface area contributed by atoms with Crippen molar-refractivity contribution < 1.29 is 13.3 Å². The Morgan fingerprint density at radius 2 is 2.00 bits per heavy atom. The summed E-state index contributed by atoms with van der Waals surface area (Å²) in [6.45, 7) is -0.132. The molecule has 0 saturated carbocycles. The molecule has 15 heavy (non-hydrogen) atoms. The molecule has 0 bridgehead atoms. The second-order valence-electron chi connectivity index (χ2n) is 2.53. The molecule has 0 radical (unpaired) electrons. The quantitative estimate of drug-likeness (QED) is 0.492. The molecular weight excluding hydrogens is 238 g/mol. The van der Waals surface area contributed by atoms with E-state index in [2.05, 4.69) is 10.8 Å². The third-order valence-corrected chi connectivity index (χ3v) is 2.93. The fourth-order valence-electron chi connectivity index (χ4n) is 0.811. The highest BCUT2D eigenvalue weighted by molar-refractivity contribution is 7.89. The summed E-state index contributed by atoms with van der Waals surface area (Å²) in [7, 11) is -3.68. The zero-order chi connectivity index (χ0) is 11.3. The van der Waals surface area contributed by atoms with Crippen molar-refractivity contribution in [1.29, 1.82) is 0 Å². The average molecular weight is 246 g/mol. The Kier molecular flexibility index (Phi) is 4.12. The molecule has 0 unspecified atom stereocenters. The van der Waals surface area contributed by atoms with Gasteiger partial charge in [0.25, 0.3) is 10.0 Å². The van der Waals surface area contributed by atoms with E-state index in [-0.39, 0.29) is 11.5 Å². The van der Waals surface area contributed by atoms with Gasteiger partial charge in [-0.15, -0.1) is 6.42 Å². The number of hydrogen-bond donors (Lipinski definition) is 1. The van der Waals surface area contributed by atoms with Crippen LogP contribution in [0.5, 0.6) is 0 Å². The number of rotatable bonds is 4. The van der Waals surface area contributed by atoms with E-state index in [1.807, 2.05) is 4.89 Å². The molecule has 0 amide bonds. The summed E-state index contributed by atoms with van der Waals surface area (Å²) in [5, 5.41) is 0.457. The van der Waals surface area contributed by atoms with Crippen LogP contribution in [-0.2, 0) is 14.9 Å². The summed E-state index contributed by atoms with van der Waals surface area (Å²) in [6.07, 6.45) is 4.89. The standard InChI is InChI=1S/C9H8ClNO3S/c1-2-7-14-11-15(12,13)9-5-3-8(10)4-6-9/h1,3-6,11H,7H2. The molecule has 4 nitrogen and oxygen atoms in total. The van der Waals surface area contributed by atoms with Crippen LogP contribution < -0.4 is 4.89 Å². The van der Waals surface area contributed by atoms with Crippen LogP contribution in [-0.4, -0.2) is 15.0 Å². The number of terminal acetylenes is 1.